The van der Waals surface area contributed by atoms with Crippen LogP contribution in [0.15, 0.2) is 53.3 Å². The van der Waals surface area contributed by atoms with Gasteiger partial charge in [-0.05, 0) is 42.1 Å². The Morgan fingerprint density at radius 2 is 2.03 bits per heavy atom. The van der Waals surface area contributed by atoms with Crippen LogP contribution in [0.25, 0.3) is 22.0 Å². The molecular formula is C22H22N2O5. The number of anilines is 1. The van der Waals surface area contributed by atoms with Crippen molar-refractivity contribution in [3.63, 3.8) is 0 Å². The van der Waals surface area contributed by atoms with E-state index in [0.717, 1.165) is 23.1 Å². The Morgan fingerprint density at radius 1 is 1.21 bits per heavy atom. The SMILES string of the molecule is CCCOc1ccccc1-c1cc2ccc(N3CC(CO)OC3=O)cc2c(=O)[nH]1. The smallest absolute Gasteiger partial charge is 0.414 e. The second kappa shape index (κ2) is 7.97. The van der Waals surface area contributed by atoms with Crippen molar-refractivity contribution >= 4 is 22.6 Å². The van der Waals surface area contributed by atoms with Gasteiger partial charge in [-0.1, -0.05) is 25.1 Å². The number of pyridine rings is 1. The van der Waals surface area contributed by atoms with Crippen LogP contribution in [0.3, 0.4) is 0 Å². The van der Waals surface area contributed by atoms with E-state index in [-0.39, 0.29) is 18.7 Å². The van der Waals surface area contributed by atoms with Gasteiger partial charge >= 0.3 is 6.09 Å². The Hall–Kier alpha value is -3.32. The van der Waals surface area contributed by atoms with Crippen molar-refractivity contribution in [1.29, 1.82) is 0 Å². The number of nitrogens with one attached hydrogen (secondary N) is 1. The number of ether oxygens (including phenoxy) is 2. The van der Waals surface area contributed by atoms with Crippen molar-refractivity contribution < 1.29 is 19.4 Å². The predicted octanol–water partition coefficient (Wildman–Crippen LogP) is 3.30. The molecule has 1 atom stereocenters. The Kier molecular flexibility index (Phi) is 5.22. The summed E-state index contributed by atoms with van der Waals surface area (Å²) in [7, 11) is 0. The molecule has 0 aliphatic carbocycles. The highest BCUT2D eigenvalue weighted by atomic mass is 16.6. The van der Waals surface area contributed by atoms with Crippen LogP contribution in [-0.4, -0.2) is 42.0 Å². The fourth-order valence-corrected chi connectivity index (χ4v) is 3.42. The van der Waals surface area contributed by atoms with Gasteiger partial charge in [-0.15, -0.1) is 0 Å². The van der Waals surface area contributed by atoms with E-state index in [2.05, 4.69) is 4.98 Å². The number of fused-ring (bicyclic) bond motifs is 1. The summed E-state index contributed by atoms with van der Waals surface area (Å²) in [6, 6.07) is 14.7. The molecule has 29 heavy (non-hydrogen) atoms. The van der Waals surface area contributed by atoms with Crippen LogP contribution in [0.2, 0.25) is 0 Å². The topological polar surface area (TPSA) is 91.9 Å². The van der Waals surface area contributed by atoms with E-state index in [1.54, 1.807) is 18.2 Å². The fraction of sp³-hybridized carbons (Fsp3) is 0.273. The number of cyclic esters (lactones) is 1. The number of nitrogens with zero attached hydrogens (tertiary/aromatic N) is 1. The van der Waals surface area contributed by atoms with Gasteiger partial charge in [0.1, 0.15) is 11.9 Å². The molecule has 1 unspecified atom stereocenters. The van der Waals surface area contributed by atoms with Crippen LogP contribution in [0.5, 0.6) is 5.75 Å². The number of benzene rings is 2. The van der Waals surface area contributed by atoms with Crippen LogP contribution in [-0.2, 0) is 4.74 Å². The number of hydrogen-bond donors (Lipinski definition) is 2. The van der Waals surface area contributed by atoms with Crippen LogP contribution in [0, 0.1) is 0 Å². The summed E-state index contributed by atoms with van der Waals surface area (Å²) in [6.45, 7) is 2.65. The van der Waals surface area contributed by atoms with E-state index in [4.69, 9.17) is 9.47 Å². The monoisotopic (exact) mass is 394 g/mol. The third kappa shape index (κ3) is 3.69. The summed E-state index contributed by atoms with van der Waals surface area (Å²) in [4.78, 5) is 29.2. The molecule has 0 radical (unpaired) electrons. The lowest BCUT2D eigenvalue weighted by Crippen LogP contribution is -2.25. The van der Waals surface area contributed by atoms with Gasteiger partial charge in [0.05, 0.1) is 25.5 Å². The quantitative estimate of drug-likeness (QED) is 0.669. The maximum atomic E-state index is 12.8. The lowest BCUT2D eigenvalue weighted by molar-refractivity contribution is 0.0963. The molecule has 0 saturated carbocycles. The summed E-state index contributed by atoms with van der Waals surface area (Å²) in [5.74, 6) is 0.718. The van der Waals surface area contributed by atoms with Crippen molar-refractivity contribution in [2.75, 3.05) is 24.7 Å². The van der Waals surface area contributed by atoms with Gasteiger partial charge < -0.3 is 19.6 Å². The number of H-pyrrole nitrogens is 1. The molecule has 4 rings (SSSR count). The van der Waals surface area contributed by atoms with Crippen molar-refractivity contribution in [3.05, 3.63) is 58.9 Å². The first-order valence-electron chi connectivity index (χ1n) is 9.59. The third-order valence-corrected chi connectivity index (χ3v) is 4.86. The maximum absolute atomic E-state index is 12.8. The van der Waals surface area contributed by atoms with Crippen LogP contribution >= 0.6 is 0 Å². The van der Waals surface area contributed by atoms with Crippen LogP contribution in [0.4, 0.5) is 10.5 Å². The zero-order chi connectivity index (χ0) is 20.4. The zero-order valence-corrected chi connectivity index (χ0v) is 16.1. The van der Waals surface area contributed by atoms with E-state index in [0.29, 0.717) is 23.4 Å². The number of carbonyl (C=O) groups is 1. The highest BCUT2D eigenvalue weighted by Gasteiger charge is 2.32. The normalized spacial score (nSPS) is 16.3. The van der Waals surface area contributed by atoms with E-state index >= 15 is 0 Å². The molecule has 3 aromatic rings. The maximum Gasteiger partial charge on any atom is 0.414 e. The van der Waals surface area contributed by atoms with Gasteiger partial charge in [-0.25, -0.2) is 4.79 Å². The largest absolute Gasteiger partial charge is 0.493 e. The molecule has 2 aromatic carbocycles. The minimum Gasteiger partial charge on any atom is -0.493 e. The first-order valence-corrected chi connectivity index (χ1v) is 9.59. The lowest BCUT2D eigenvalue weighted by Gasteiger charge is -2.14. The molecule has 1 aliphatic heterocycles. The Bertz CT molecular complexity index is 1110. The molecule has 7 nitrogen and oxygen atoms in total. The molecule has 1 amide bonds. The summed E-state index contributed by atoms with van der Waals surface area (Å²) in [5, 5.41) is 10.4. The van der Waals surface area contributed by atoms with Crippen LogP contribution in [0.1, 0.15) is 13.3 Å². The molecule has 1 aliphatic rings. The minimum atomic E-state index is -0.557. The minimum absolute atomic E-state index is 0.237. The van der Waals surface area contributed by atoms with Crippen molar-refractivity contribution in [2.45, 2.75) is 19.4 Å². The molecular weight excluding hydrogens is 372 g/mol. The second-order valence-corrected chi connectivity index (χ2v) is 6.93. The van der Waals surface area contributed by atoms with Crippen LogP contribution < -0.4 is 15.2 Å². The van der Waals surface area contributed by atoms with Gasteiger partial charge in [0.25, 0.3) is 5.56 Å². The number of aromatic nitrogens is 1. The van der Waals surface area contributed by atoms with Gasteiger partial charge in [0.2, 0.25) is 0 Å². The molecule has 2 heterocycles. The number of aliphatic hydroxyl groups excluding tert-OH is 1. The zero-order valence-electron chi connectivity index (χ0n) is 16.1. The number of para-hydroxylation sites is 1. The van der Waals surface area contributed by atoms with E-state index in [9.17, 15) is 14.7 Å². The highest BCUT2D eigenvalue weighted by molar-refractivity contribution is 5.94. The average molecular weight is 394 g/mol. The first-order chi connectivity index (χ1) is 14.1. The number of aromatic amines is 1. The second-order valence-electron chi connectivity index (χ2n) is 6.93. The Balaban J connectivity index is 1.73. The molecule has 2 N–H and O–H groups in total. The van der Waals surface area contributed by atoms with E-state index in [1.807, 2.05) is 37.3 Å². The predicted molar refractivity (Wildman–Crippen MR) is 110 cm³/mol. The van der Waals surface area contributed by atoms with Crippen molar-refractivity contribution in [2.24, 2.45) is 0 Å². The molecule has 1 aromatic heterocycles. The number of amides is 1. The molecule has 1 fully saturated rings. The lowest BCUT2D eigenvalue weighted by atomic mass is 10.1. The van der Waals surface area contributed by atoms with Gasteiger partial charge in [-0.3, -0.25) is 9.69 Å². The van der Waals surface area contributed by atoms with Crippen molar-refractivity contribution in [1.82, 2.24) is 4.98 Å². The van der Waals surface area contributed by atoms with Gasteiger partial charge in [-0.2, -0.15) is 0 Å². The summed E-state index contributed by atoms with van der Waals surface area (Å²) < 4.78 is 10.9. The Labute approximate surface area is 167 Å². The number of carbonyl (C=O) groups excluding carboxylic acids is 1. The van der Waals surface area contributed by atoms with E-state index in [1.165, 1.54) is 4.90 Å². The number of aliphatic hydroxyl groups is 1. The Morgan fingerprint density at radius 3 is 2.79 bits per heavy atom. The third-order valence-electron chi connectivity index (χ3n) is 4.86. The van der Waals surface area contributed by atoms with E-state index < -0.39 is 12.2 Å². The summed E-state index contributed by atoms with van der Waals surface area (Å²) >= 11 is 0. The summed E-state index contributed by atoms with van der Waals surface area (Å²) in [5.41, 5.74) is 1.79. The number of rotatable bonds is 6. The van der Waals surface area contributed by atoms with Gasteiger partial charge in [0.15, 0.2) is 0 Å². The molecule has 1 saturated heterocycles. The first kappa shape index (κ1) is 19.0. The average Bonchev–Trinajstić information content (AvgIpc) is 3.13. The standard InChI is InChI=1S/C22H22N2O5/c1-2-9-28-20-6-4-3-5-17(20)19-10-14-7-8-15(11-18(14)21(26)23-19)24-12-16(13-25)29-22(24)27/h3-8,10-11,16,25H,2,9,12-13H2,1H3,(H,23,26). The molecule has 150 valence electrons. The van der Waals surface area contributed by atoms with Gasteiger partial charge in [0, 0.05) is 16.6 Å². The number of hydrogen-bond acceptors (Lipinski definition) is 5. The van der Waals surface area contributed by atoms with Crippen molar-refractivity contribution in [3.8, 4) is 17.0 Å². The summed E-state index contributed by atoms with van der Waals surface area (Å²) in [6.07, 6.45) is -0.196. The molecule has 7 heteroatoms. The molecule has 0 bridgehead atoms. The molecule has 0 spiro atoms. The fourth-order valence-electron chi connectivity index (χ4n) is 3.42. The highest BCUT2D eigenvalue weighted by Crippen LogP contribution is 2.31.